The molecule has 2 rings (SSSR count). The molecular weight excluding hydrogens is 266 g/mol. The lowest BCUT2D eigenvalue weighted by molar-refractivity contribution is -0.148. The quantitative estimate of drug-likeness (QED) is 0.845. The molecule has 0 bridgehead atoms. The van der Waals surface area contributed by atoms with Crippen molar-refractivity contribution in [2.75, 3.05) is 26.9 Å². The molecular formula is C17H25NO3. The van der Waals surface area contributed by atoms with Gasteiger partial charge in [-0.2, -0.15) is 0 Å². The summed E-state index contributed by atoms with van der Waals surface area (Å²) in [6.45, 7) is 3.81. The molecule has 1 fully saturated rings. The SMILES string of the molecule is COC(=O)C(CN)(CC1CCOCC1)c1ccccc1C. The van der Waals surface area contributed by atoms with E-state index in [9.17, 15) is 4.79 Å². The molecule has 1 aromatic rings. The maximum atomic E-state index is 12.6. The van der Waals surface area contributed by atoms with Crippen molar-refractivity contribution in [1.29, 1.82) is 0 Å². The minimum absolute atomic E-state index is 0.231. The van der Waals surface area contributed by atoms with Crippen LogP contribution in [0.2, 0.25) is 0 Å². The van der Waals surface area contributed by atoms with Crippen molar-refractivity contribution in [2.45, 2.75) is 31.6 Å². The summed E-state index contributed by atoms with van der Waals surface area (Å²) in [7, 11) is 1.44. The van der Waals surface area contributed by atoms with Crippen molar-refractivity contribution in [1.82, 2.24) is 0 Å². The Balaban J connectivity index is 2.37. The Morgan fingerprint density at radius 3 is 2.62 bits per heavy atom. The van der Waals surface area contributed by atoms with Gasteiger partial charge in [0.25, 0.3) is 0 Å². The van der Waals surface area contributed by atoms with E-state index in [1.165, 1.54) is 7.11 Å². The van der Waals surface area contributed by atoms with Gasteiger partial charge in [-0.1, -0.05) is 24.3 Å². The summed E-state index contributed by atoms with van der Waals surface area (Å²) in [6.07, 6.45) is 2.68. The van der Waals surface area contributed by atoms with Gasteiger partial charge in [0.1, 0.15) is 5.41 Å². The van der Waals surface area contributed by atoms with E-state index in [1.54, 1.807) is 0 Å². The van der Waals surface area contributed by atoms with Gasteiger partial charge in [0.05, 0.1) is 7.11 Å². The molecule has 0 amide bonds. The number of hydrogen-bond donors (Lipinski definition) is 1. The number of ether oxygens (including phenoxy) is 2. The lowest BCUT2D eigenvalue weighted by Gasteiger charge is -2.36. The van der Waals surface area contributed by atoms with Crippen LogP contribution in [0.25, 0.3) is 0 Å². The molecule has 0 radical (unpaired) electrons. The minimum Gasteiger partial charge on any atom is -0.468 e. The van der Waals surface area contributed by atoms with Crippen LogP contribution in [0.1, 0.15) is 30.4 Å². The summed E-state index contributed by atoms with van der Waals surface area (Å²) in [4.78, 5) is 12.6. The maximum Gasteiger partial charge on any atom is 0.317 e. The van der Waals surface area contributed by atoms with Crippen molar-refractivity contribution >= 4 is 5.97 Å². The molecule has 1 aliphatic rings. The average Bonchev–Trinajstić information content (AvgIpc) is 2.53. The topological polar surface area (TPSA) is 61.5 Å². The number of aryl methyl sites for hydroxylation is 1. The summed E-state index contributed by atoms with van der Waals surface area (Å²) in [5, 5.41) is 0. The van der Waals surface area contributed by atoms with Crippen molar-refractivity contribution in [3.05, 3.63) is 35.4 Å². The molecule has 0 aromatic heterocycles. The fourth-order valence-corrected chi connectivity index (χ4v) is 3.33. The van der Waals surface area contributed by atoms with Crippen LogP contribution < -0.4 is 5.73 Å². The number of hydrogen-bond acceptors (Lipinski definition) is 4. The fraction of sp³-hybridized carbons (Fsp3) is 0.588. The van der Waals surface area contributed by atoms with E-state index in [2.05, 4.69) is 0 Å². The lowest BCUT2D eigenvalue weighted by Crippen LogP contribution is -2.46. The first-order valence-electron chi connectivity index (χ1n) is 7.56. The highest BCUT2D eigenvalue weighted by molar-refractivity contribution is 5.84. The highest BCUT2D eigenvalue weighted by Gasteiger charge is 2.43. The maximum absolute atomic E-state index is 12.6. The molecule has 1 unspecified atom stereocenters. The van der Waals surface area contributed by atoms with Crippen LogP contribution in [0, 0.1) is 12.8 Å². The molecule has 1 aromatic carbocycles. The van der Waals surface area contributed by atoms with Gasteiger partial charge in [-0.05, 0) is 43.2 Å². The molecule has 0 saturated carbocycles. The lowest BCUT2D eigenvalue weighted by atomic mass is 9.71. The Labute approximate surface area is 126 Å². The number of benzene rings is 1. The third-order valence-corrected chi connectivity index (χ3v) is 4.56. The predicted molar refractivity (Wildman–Crippen MR) is 82.1 cm³/mol. The highest BCUT2D eigenvalue weighted by Crippen LogP contribution is 2.37. The van der Waals surface area contributed by atoms with Gasteiger partial charge < -0.3 is 15.2 Å². The molecule has 21 heavy (non-hydrogen) atoms. The number of carbonyl (C=O) groups is 1. The zero-order valence-corrected chi connectivity index (χ0v) is 12.9. The Kier molecular flexibility index (Phi) is 5.37. The third-order valence-electron chi connectivity index (χ3n) is 4.56. The standard InChI is InChI=1S/C17H25NO3/c1-13-5-3-4-6-15(13)17(12-18,16(19)20-2)11-14-7-9-21-10-8-14/h3-6,14H,7-12,18H2,1-2H3. The normalized spacial score (nSPS) is 19.0. The van der Waals surface area contributed by atoms with E-state index in [1.807, 2.05) is 31.2 Å². The first kappa shape index (κ1) is 16.0. The second kappa shape index (κ2) is 7.05. The molecule has 1 saturated heterocycles. The monoisotopic (exact) mass is 291 g/mol. The van der Waals surface area contributed by atoms with Crippen molar-refractivity contribution < 1.29 is 14.3 Å². The number of nitrogens with two attached hydrogens (primary N) is 1. The van der Waals surface area contributed by atoms with Crippen LogP contribution in [-0.4, -0.2) is 32.8 Å². The molecule has 116 valence electrons. The number of methoxy groups -OCH3 is 1. The number of rotatable bonds is 5. The number of esters is 1. The van der Waals surface area contributed by atoms with Gasteiger partial charge in [-0.25, -0.2) is 0 Å². The first-order valence-corrected chi connectivity index (χ1v) is 7.56. The Bertz CT molecular complexity index is 483. The van der Waals surface area contributed by atoms with Gasteiger partial charge >= 0.3 is 5.97 Å². The zero-order valence-electron chi connectivity index (χ0n) is 12.9. The average molecular weight is 291 g/mol. The number of carbonyl (C=O) groups excluding carboxylic acids is 1. The fourth-order valence-electron chi connectivity index (χ4n) is 3.33. The molecule has 0 spiro atoms. The van der Waals surface area contributed by atoms with E-state index in [0.717, 1.165) is 43.6 Å². The van der Waals surface area contributed by atoms with Crippen molar-refractivity contribution in [2.24, 2.45) is 11.7 Å². The molecule has 1 aliphatic heterocycles. The summed E-state index contributed by atoms with van der Waals surface area (Å²) in [6, 6.07) is 7.95. The summed E-state index contributed by atoms with van der Waals surface area (Å²) < 4.78 is 10.5. The zero-order chi connectivity index (χ0) is 15.3. The van der Waals surface area contributed by atoms with Gasteiger partial charge in [-0.3, -0.25) is 4.79 Å². The molecule has 2 N–H and O–H groups in total. The summed E-state index contributed by atoms with van der Waals surface area (Å²) in [5.41, 5.74) is 7.40. The molecule has 1 atom stereocenters. The summed E-state index contributed by atoms with van der Waals surface area (Å²) >= 11 is 0. The van der Waals surface area contributed by atoms with Crippen LogP contribution in [-0.2, 0) is 19.7 Å². The van der Waals surface area contributed by atoms with Gasteiger partial charge in [0, 0.05) is 19.8 Å². The van der Waals surface area contributed by atoms with E-state index >= 15 is 0 Å². The van der Waals surface area contributed by atoms with Gasteiger partial charge in [-0.15, -0.1) is 0 Å². The second-order valence-corrected chi connectivity index (χ2v) is 5.85. The third kappa shape index (κ3) is 3.27. The van der Waals surface area contributed by atoms with E-state index in [4.69, 9.17) is 15.2 Å². The van der Waals surface area contributed by atoms with Crippen molar-refractivity contribution in [3.8, 4) is 0 Å². The molecule has 4 nitrogen and oxygen atoms in total. The van der Waals surface area contributed by atoms with Crippen LogP contribution in [0.3, 0.4) is 0 Å². The summed E-state index contributed by atoms with van der Waals surface area (Å²) in [5.74, 6) is 0.215. The smallest absolute Gasteiger partial charge is 0.317 e. The van der Waals surface area contributed by atoms with Crippen LogP contribution in [0.15, 0.2) is 24.3 Å². The Morgan fingerprint density at radius 2 is 2.05 bits per heavy atom. The molecule has 4 heteroatoms. The highest BCUT2D eigenvalue weighted by atomic mass is 16.5. The molecule has 0 aliphatic carbocycles. The Hall–Kier alpha value is -1.39. The molecule has 1 heterocycles. The minimum atomic E-state index is -0.748. The predicted octanol–water partition coefficient (Wildman–Crippen LogP) is 2.18. The van der Waals surface area contributed by atoms with E-state index in [0.29, 0.717) is 5.92 Å². The first-order chi connectivity index (χ1) is 10.1. The van der Waals surface area contributed by atoms with Gasteiger partial charge in [0.2, 0.25) is 0 Å². The van der Waals surface area contributed by atoms with E-state index in [-0.39, 0.29) is 12.5 Å². The van der Waals surface area contributed by atoms with Crippen LogP contribution >= 0.6 is 0 Å². The van der Waals surface area contributed by atoms with Crippen LogP contribution in [0.5, 0.6) is 0 Å². The Morgan fingerprint density at radius 1 is 1.38 bits per heavy atom. The van der Waals surface area contributed by atoms with Crippen molar-refractivity contribution in [3.63, 3.8) is 0 Å². The van der Waals surface area contributed by atoms with Crippen LogP contribution in [0.4, 0.5) is 0 Å². The largest absolute Gasteiger partial charge is 0.468 e. The van der Waals surface area contributed by atoms with Gasteiger partial charge in [0.15, 0.2) is 0 Å². The van der Waals surface area contributed by atoms with E-state index < -0.39 is 5.41 Å². The second-order valence-electron chi connectivity index (χ2n) is 5.85.